The summed E-state index contributed by atoms with van der Waals surface area (Å²) in [4.78, 5) is 4.55. The Balaban J connectivity index is 1.99. The highest BCUT2D eigenvalue weighted by Crippen LogP contribution is 2.18. The van der Waals surface area contributed by atoms with Crippen molar-refractivity contribution in [3.8, 4) is 11.4 Å². The Morgan fingerprint density at radius 3 is 2.50 bits per heavy atom. The molecule has 0 spiro atoms. The molecule has 0 aliphatic heterocycles. The first-order valence-corrected chi connectivity index (χ1v) is 8.96. The van der Waals surface area contributed by atoms with E-state index < -0.39 is 9.84 Å². The fourth-order valence-electron chi connectivity index (χ4n) is 1.80. The number of nitrogens with zero attached hydrogens (tertiary/aromatic N) is 2. The van der Waals surface area contributed by atoms with E-state index in [9.17, 15) is 8.42 Å². The van der Waals surface area contributed by atoms with E-state index in [4.69, 9.17) is 9.26 Å². The predicted molar refractivity (Wildman–Crippen MR) is 82.2 cm³/mol. The van der Waals surface area contributed by atoms with Crippen LogP contribution in [0.2, 0.25) is 0 Å². The maximum atomic E-state index is 11.4. The number of benzene rings is 1. The van der Waals surface area contributed by atoms with Crippen LogP contribution in [0.1, 0.15) is 19.7 Å². The molecule has 2 aromatic rings. The van der Waals surface area contributed by atoms with Crippen LogP contribution in [0.15, 0.2) is 33.7 Å². The summed E-state index contributed by atoms with van der Waals surface area (Å²) in [6.07, 6.45) is 1.73. The Morgan fingerprint density at radius 1 is 1.23 bits per heavy atom. The number of ether oxygens (including phenoxy) is 1. The van der Waals surface area contributed by atoms with Crippen LogP contribution in [-0.2, 0) is 21.0 Å². The zero-order valence-electron chi connectivity index (χ0n) is 12.9. The molecule has 0 N–H and O–H groups in total. The third kappa shape index (κ3) is 4.64. The maximum absolute atomic E-state index is 11.4. The van der Waals surface area contributed by atoms with E-state index in [0.29, 0.717) is 42.8 Å². The molecule has 22 heavy (non-hydrogen) atoms. The van der Waals surface area contributed by atoms with Crippen LogP contribution in [-0.4, -0.2) is 38.0 Å². The molecule has 0 atom stereocenters. The van der Waals surface area contributed by atoms with Crippen molar-refractivity contribution in [2.24, 2.45) is 5.92 Å². The van der Waals surface area contributed by atoms with Gasteiger partial charge < -0.3 is 9.26 Å². The third-order valence-corrected chi connectivity index (χ3v) is 4.05. The lowest BCUT2D eigenvalue weighted by Crippen LogP contribution is -2.05. The molecule has 0 bridgehead atoms. The van der Waals surface area contributed by atoms with Crippen molar-refractivity contribution >= 4 is 9.84 Å². The molecule has 7 heteroatoms. The Labute approximate surface area is 130 Å². The lowest BCUT2D eigenvalue weighted by atomic mass is 10.2. The normalized spacial score (nSPS) is 12.0. The molecule has 1 aromatic carbocycles. The summed E-state index contributed by atoms with van der Waals surface area (Å²) in [5.41, 5.74) is 0.713. The Kier molecular flexibility index (Phi) is 5.31. The van der Waals surface area contributed by atoms with Gasteiger partial charge in [0.25, 0.3) is 0 Å². The van der Waals surface area contributed by atoms with Gasteiger partial charge >= 0.3 is 0 Å². The van der Waals surface area contributed by atoms with Gasteiger partial charge in [0.05, 0.1) is 17.9 Å². The first kappa shape index (κ1) is 16.6. The number of sulfone groups is 1. The number of aromatic nitrogens is 2. The van der Waals surface area contributed by atoms with Crippen LogP contribution in [0.4, 0.5) is 0 Å². The first-order chi connectivity index (χ1) is 10.4. The molecule has 0 amide bonds. The van der Waals surface area contributed by atoms with Gasteiger partial charge in [-0.15, -0.1) is 0 Å². The molecule has 1 heterocycles. The lowest BCUT2D eigenvalue weighted by molar-refractivity contribution is 0.108. The quantitative estimate of drug-likeness (QED) is 0.727. The van der Waals surface area contributed by atoms with Gasteiger partial charge in [0.15, 0.2) is 9.84 Å². The smallest absolute Gasteiger partial charge is 0.229 e. The number of rotatable bonds is 7. The fraction of sp³-hybridized carbons (Fsp3) is 0.467. The van der Waals surface area contributed by atoms with Gasteiger partial charge in [-0.05, 0) is 30.2 Å². The molecular weight excluding hydrogens is 304 g/mol. The van der Waals surface area contributed by atoms with Crippen molar-refractivity contribution < 1.29 is 17.7 Å². The summed E-state index contributed by atoms with van der Waals surface area (Å²) >= 11 is 0. The van der Waals surface area contributed by atoms with Gasteiger partial charge in [-0.2, -0.15) is 4.98 Å². The second kappa shape index (κ2) is 7.02. The average molecular weight is 324 g/mol. The fourth-order valence-corrected chi connectivity index (χ4v) is 2.43. The minimum Gasteiger partial charge on any atom is -0.381 e. The van der Waals surface area contributed by atoms with E-state index in [1.54, 1.807) is 12.1 Å². The average Bonchev–Trinajstić information content (AvgIpc) is 2.91. The lowest BCUT2D eigenvalue weighted by Gasteiger charge is -2.04. The highest BCUT2D eigenvalue weighted by molar-refractivity contribution is 7.90. The summed E-state index contributed by atoms with van der Waals surface area (Å²) in [5.74, 6) is 1.44. The predicted octanol–water partition coefficient (Wildman–Crippen LogP) is 2.36. The molecule has 0 aliphatic rings. The summed E-state index contributed by atoms with van der Waals surface area (Å²) in [7, 11) is -3.20. The van der Waals surface area contributed by atoms with Crippen molar-refractivity contribution in [3.05, 3.63) is 30.2 Å². The standard InChI is InChI=1S/C15H20N2O4S/c1-11(2)10-20-9-8-14-16-15(17-21-14)12-4-6-13(7-5-12)22(3,18)19/h4-7,11H,8-10H2,1-3H3. The van der Waals surface area contributed by atoms with Gasteiger partial charge in [-0.25, -0.2) is 8.42 Å². The van der Waals surface area contributed by atoms with Crippen LogP contribution in [0.5, 0.6) is 0 Å². The largest absolute Gasteiger partial charge is 0.381 e. The summed E-state index contributed by atoms with van der Waals surface area (Å²) in [6, 6.07) is 6.40. The highest BCUT2D eigenvalue weighted by atomic mass is 32.2. The molecule has 0 fully saturated rings. The highest BCUT2D eigenvalue weighted by Gasteiger charge is 2.11. The van der Waals surface area contributed by atoms with E-state index in [1.165, 1.54) is 18.4 Å². The zero-order chi connectivity index (χ0) is 16.2. The molecule has 120 valence electrons. The minimum absolute atomic E-state index is 0.266. The van der Waals surface area contributed by atoms with Crippen molar-refractivity contribution in [2.45, 2.75) is 25.2 Å². The van der Waals surface area contributed by atoms with Crippen molar-refractivity contribution in [3.63, 3.8) is 0 Å². The van der Waals surface area contributed by atoms with Crippen LogP contribution in [0.3, 0.4) is 0 Å². The topological polar surface area (TPSA) is 82.3 Å². The van der Waals surface area contributed by atoms with Crippen molar-refractivity contribution in [1.82, 2.24) is 10.1 Å². The van der Waals surface area contributed by atoms with Crippen LogP contribution < -0.4 is 0 Å². The second-order valence-corrected chi connectivity index (χ2v) is 7.54. The van der Waals surface area contributed by atoms with Gasteiger partial charge in [0.1, 0.15) is 0 Å². The van der Waals surface area contributed by atoms with Crippen LogP contribution in [0, 0.1) is 5.92 Å². The third-order valence-electron chi connectivity index (χ3n) is 2.92. The molecule has 0 saturated carbocycles. The molecule has 0 saturated heterocycles. The van der Waals surface area contributed by atoms with Crippen molar-refractivity contribution in [2.75, 3.05) is 19.5 Å². The van der Waals surface area contributed by atoms with E-state index >= 15 is 0 Å². The molecule has 6 nitrogen and oxygen atoms in total. The molecule has 0 aliphatic carbocycles. The van der Waals surface area contributed by atoms with Gasteiger partial charge in [-0.3, -0.25) is 0 Å². The van der Waals surface area contributed by atoms with Gasteiger partial charge in [0, 0.05) is 18.4 Å². The molecular formula is C15H20N2O4S. The Bertz CT molecular complexity index is 705. The van der Waals surface area contributed by atoms with E-state index in [1.807, 2.05) is 0 Å². The number of hydrogen-bond donors (Lipinski definition) is 0. The molecule has 2 rings (SSSR count). The summed E-state index contributed by atoms with van der Waals surface area (Å²) in [5, 5.41) is 3.90. The molecule has 1 aromatic heterocycles. The summed E-state index contributed by atoms with van der Waals surface area (Å²) in [6.45, 7) is 5.41. The molecule has 0 unspecified atom stereocenters. The van der Waals surface area contributed by atoms with E-state index in [0.717, 1.165) is 0 Å². The van der Waals surface area contributed by atoms with E-state index in [2.05, 4.69) is 24.0 Å². The SMILES string of the molecule is CC(C)COCCc1nc(-c2ccc(S(C)(=O)=O)cc2)no1. The van der Waals surface area contributed by atoms with Crippen LogP contribution in [0.25, 0.3) is 11.4 Å². The Hall–Kier alpha value is -1.73. The minimum atomic E-state index is -3.20. The maximum Gasteiger partial charge on any atom is 0.229 e. The zero-order valence-corrected chi connectivity index (χ0v) is 13.8. The van der Waals surface area contributed by atoms with Gasteiger partial charge in [-0.1, -0.05) is 19.0 Å². The van der Waals surface area contributed by atoms with Gasteiger partial charge in [0.2, 0.25) is 11.7 Å². The van der Waals surface area contributed by atoms with Crippen LogP contribution >= 0.6 is 0 Å². The van der Waals surface area contributed by atoms with E-state index in [-0.39, 0.29) is 4.90 Å². The van der Waals surface area contributed by atoms with Crippen molar-refractivity contribution in [1.29, 1.82) is 0 Å². The first-order valence-electron chi connectivity index (χ1n) is 7.07. The number of hydrogen-bond acceptors (Lipinski definition) is 6. The second-order valence-electron chi connectivity index (χ2n) is 5.53. The summed E-state index contributed by atoms with van der Waals surface area (Å²) < 4.78 is 33.5. The Morgan fingerprint density at radius 2 is 1.91 bits per heavy atom. The monoisotopic (exact) mass is 324 g/mol. The molecule has 0 radical (unpaired) electrons.